The van der Waals surface area contributed by atoms with Gasteiger partial charge in [-0.15, -0.1) is 11.8 Å². The minimum Gasteiger partial charge on any atom is -0.493 e. The highest BCUT2D eigenvalue weighted by Crippen LogP contribution is 2.44. The minimum absolute atomic E-state index is 0.0555. The van der Waals surface area contributed by atoms with Crippen molar-refractivity contribution in [3.63, 3.8) is 0 Å². The highest BCUT2D eigenvalue weighted by molar-refractivity contribution is 8.00. The fourth-order valence-electron chi connectivity index (χ4n) is 2.46. The van der Waals surface area contributed by atoms with Crippen molar-refractivity contribution in [2.75, 3.05) is 25.3 Å². The summed E-state index contributed by atoms with van der Waals surface area (Å²) in [7, 11) is 3.20. The fourth-order valence-corrected chi connectivity index (χ4v) is 3.63. The summed E-state index contributed by atoms with van der Waals surface area (Å²) in [5.41, 5.74) is 2.67. The Balaban J connectivity index is 2.07. The van der Waals surface area contributed by atoms with E-state index in [1.165, 1.54) is 11.8 Å². The van der Waals surface area contributed by atoms with Crippen molar-refractivity contribution in [2.24, 2.45) is 0 Å². The van der Waals surface area contributed by atoms with Crippen molar-refractivity contribution in [3.8, 4) is 11.5 Å². The number of nitrogens with one attached hydrogen (secondary N) is 1. The van der Waals surface area contributed by atoms with Gasteiger partial charge in [0.05, 0.1) is 36.5 Å². The maximum atomic E-state index is 11.8. The molecule has 0 spiro atoms. The van der Waals surface area contributed by atoms with Gasteiger partial charge in [0.1, 0.15) is 0 Å². The Labute approximate surface area is 132 Å². The lowest BCUT2D eigenvalue weighted by Crippen LogP contribution is -2.11. The van der Waals surface area contributed by atoms with Crippen LogP contribution in [0, 0.1) is 6.92 Å². The Bertz CT molecular complexity index is 714. The lowest BCUT2D eigenvalue weighted by Gasteiger charge is -2.16. The first-order valence-corrected chi connectivity index (χ1v) is 7.78. The second-order valence-corrected chi connectivity index (χ2v) is 5.96. The topological polar surface area (TPSA) is 73.6 Å². The number of thioether (sulfide) groups is 1. The number of carbonyl (C=O) groups excluding carboxylic acids is 1. The molecule has 0 radical (unpaired) electrons. The molecular formula is C15H16N2O4S. The highest BCUT2D eigenvalue weighted by atomic mass is 32.2. The first kappa shape index (κ1) is 14.8. The van der Waals surface area contributed by atoms with Gasteiger partial charge >= 0.3 is 0 Å². The number of fused-ring (bicyclic) bond motifs is 1. The van der Waals surface area contributed by atoms with E-state index >= 15 is 0 Å². The highest BCUT2D eigenvalue weighted by Gasteiger charge is 2.30. The molecule has 1 amide bonds. The van der Waals surface area contributed by atoms with Gasteiger partial charge < -0.3 is 14.0 Å². The molecule has 2 heterocycles. The molecule has 1 aromatic heterocycles. The third-order valence-corrected chi connectivity index (χ3v) is 4.78. The van der Waals surface area contributed by atoms with Gasteiger partial charge in [-0.05, 0) is 24.6 Å². The summed E-state index contributed by atoms with van der Waals surface area (Å²) >= 11 is 1.53. The number of aryl methyl sites for hydroxylation is 1. The molecule has 1 N–H and O–H groups in total. The second kappa shape index (κ2) is 5.92. The van der Waals surface area contributed by atoms with Crippen molar-refractivity contribution in [1.29, 1.82) is 0 Å². The van der Waals surface area contributed by atoms with E-state index in [9.17, 15) is 4.79 Å². The first-order chi connectivity index (χ1) is 10.6. The Morgan fingerprint density at radius 2 is 2.09 bits per heavy atom. The number of nitrogens with zero attached hydrogens (tertiary/aromatic N) is 1. The molecule has 2 aromatic rings. The zero-order valence-corrected chi connectivity index (χ0v) is 13.3. The molecule has 7 heteroatoms. The van der Waals surface area contributed by atoms with E-state index in [0.29, 0.717) is 23.1 Å². The van der Waals surface area contributed by atoms with Crippen LogP contribution in [0.25, 0.3) is 0 Å². The van der Waals surface area contributed by atoms with Crippen LogP contribution in [0.2, 0.25) is 0 Å². The van der Waals surface area contributed by atoms with Crippen molar-refractivity contribution < 1.29 is 18.8 Å². The molecule has 6 nitrogen and oxygen atoms in total. The molecule has 1 unspecified atom stereocenters. The van der Waals surface area contributed by atoms with Crippen LogP contribution in [0.4, 0.5) is 5.88 Å². The van der Waals surface area contributed by atoms with E-state index in [0.717, 1.165) is 16.8 Å². The first-order valence-electron chi connectivity index (χ1n) is 6.73. The van der Waals surface area contributed by atoms with Crippen molar-refractivity contribution in [3.05, 3.63) is 35.0 Å². The van der Waals surface area contributed by atoms with E-state index in [1.54, 1.807) is 14.2 Å². The van der Waals surface area contributed by atoms with Gasteiger partial charge in [0.2, 0.25) is 11.8 Å². The van der Waals surface area contributed by atoms with Crippen LogP contribution in [-0.2, 0) is 4.79 Å². The van der Waals surface area contributed by atoms with Crippen LogP contribution < -0.4 is 14.8 Å². The smallest absolute Gasteiger partial charge is 0.236 e. The number of hydrogen-bond acceptors (Lipinski definition) is 6. The molecule has 1 atom stereocenters. The summed E-state index contributed by atoms with van der Waals surface area (Å²) < 4.78 is 15.9. The maximum Gasteiger partial charge on any atom is 0.236 e. The average Bonchev–Trinajstić information content (AvgIpc) is 2.79. The number of methoxy groups -OCH3 is 2. The number of anilines is 1. The van der Waals surface area contributed by atoms with Crippen molar-refractivity contribution >= 4 is 23.6 Å². The summed E-state index contributed by atoms with van der Waals surface area (Å²) in [5, 5.41) is 6.66. The van der Waals surface area contributed by atoms with Gasteiger partial charge in [0.25, 0.3) is 0 Å². The van der Waals surface area contributed by atoms with Gasteiger partial charge in [-0.25, -0.2) is 0 Å². The van der Waals surface area contributed by atoms with E-state index in [2.05, 4.69) is 10.5 Å². The van der Waals surface area contributed by atoms with Gasteiger partial charge in [-0.2, -0.15) is 0 Å². The van der Waals surface area contributed by atoms with Crippen LogP contribution >= 0.6 is 11.8 Å². The standard InChI is InChI=1S/C15H16N2O4S/c1-8-13-14(22-7-12(18)16-15(13)21-17-8)9-4-5-10(19-2)11(6-9)20-3/h4-6,14H,7H2,1-3H3,(H,16,18). The Morgan fingerprint density at radius 3 is 2.82 bits per heavy atom. The molecule has 0 fully saturated rings. The lowest BCUT2D eigenvalue weighted by atomic mass is 10.0. The number of aromatic nitrogens is 1. The number of carbonyl (C=O) groups is 1. The molecular weight excluding hydrogens is 304 g/mol. The quantitative estimate of drug-likeness (QED) is 0.937. The van der Waals surface area contributed by atoms with Crippen molar-refractivity contribution in [1.82, 2.24) is 5.16 Å². The molecule has 1 aliphatic heterocycles. The summed E-state index contributed by atoms with van der Waals surface area (Å²) in [6.45, 7) is 1.87. The molecule has 116 valence electrons. The van der Waals surface area contributed by atoms with Crippen molar-refractivity contribution in [2.45, 2.75) is 12.2 Å². The van der Waals surface area contributed by atoms with Crippen LogP contribution in [0.1, 0.15) is 22.1 Å². The van der Waals surface area contributed by atoms with Crippen LogP contribution in [-0.4, -0.2) is 31.0 Å². The second-order valence-electron chi connectivity index (χ2n) is 4.86. The average molecular weight is 320 g/mol. The van der Waals surface area contributed by atoms with Gasteiger partial charge in [-0.1, -0.05) is 11.2 Å². The van der Waals surface area contributed by atoms with Gasteiger partial charge in [0.15, 0.2) is 11.5 Å². The predicted molar refractivity (Wildman–Crippen MR) is 83.7 cm³/mol. The summed E-state index contributed by atoms with van der Waals surface area (Å²) in [6, 6.07) is 5.74. The van der Waals surface area contributed by atoms with Gasteiger partial charge in [0, 0.05) is 0 Å². The minimum atomic E-state index is -0.0922. The van der Waals surface area contributed by atoms with Crippen LogP contribution in [0.15, 0.2) is 22.7 Å². The normalized spacial score (nSPS) is 17.4. The van der Waals surface area contributed by atoms with Crippen LogP contribution in [0.3, 0.4) is 0 Å². The number of amides is 1. The molecule has 0 aliphatic carbocycles. The van der Waals surface area contributed by atoms with E-state index in [4.69, 9.17) is 14.0 Å². The summed E-state index contributed by atoms with van der Waals surface area (Å²) in [4.78, 5) is 11.8. The molecule has 1 aliphatic rings. The van der Waals surface area contributed by atoms with E-state index in [-0.39, 0.29) is 11.2 Å². The molecule has 1 aromatic carbocycles. The van der Waals surface area contributed by atoms with E-state index in [1.807, 2.05) is 25.1 Å². The molecule has 22 heavy (non-hydrogen) atoms. The SMILES string of the molecule is COc1ccc(C2SCC(=O)Nc3onc(C)c32)cc1OC. The Kier molecular flexibility index (Phi) is 3.98. The Hall–Kier alpha value is -2.15. The lowest BCUT2D eigenvalue weighted by molar-refractivity contribution is -0.113. The largest absolute Gasteiger partial charge is 0.493 e. The Morgan fingerprint density at radius 1 is 1.32 bits per heavy atom. The van der Waals surface area contributed by atoms with Gasteiger partial charge in [-0.3, -0.25) is 10.1 Å². The molecule has 0 bridgehead atoms. The van der Waals surface area contributed by atoms with E-state index < -0.39 is 0 Å². The third-order valence-electron chi connectivity index (χ3n) is 3.51. The molecule has 0 saturated carbocycles. The van der Waals surface area contributed by atoms with Crippen LogP contribution in [0.5, 0.6) is 11.5 Å². The third kappa shape index (κ3) is 2.52. The number of benzene rings is 1. The number of rotatable bonds is 3. The molecule has 3 rings (SSSR count). The zero-order valence-electron chi connectivity index (χ0n) is 12.5. The fraction of sp³-hybridized carbons (Fsp3) is 0.333. The number of hydrogen-bond donors (Lipinski definition) is 1. The number of ether oxygens (including phenoxy) is 2. The monoisotopic (exact) mass is 320 g/mol. The predicted octanol–water partition coefficient (Wildman–Crippen LogP) is 2.77. The summed E-state index contributed by atoms with van der Waals surface area (Å²) in [5.74, 6) is 2.00. The molecule has 0 saturated heterocycles. The zero-order chi connectivity index (χ0) is 15.7. The summed E-state index contributed by atoms with van der Waals surface area (Å²) in [6.07, 6.45) is 0. The maximum absolute atomic E-state index is 11.8.